The van der Waals surface area contributed by atoms with E-state index >= 15 is 0 Å². The molecular weight excluding hydrogens is 644 g/mol. The van der Waals surface area contributed by atoms with E-state index in [0.29, 0.717) is 11.3 Å². The molecule has 0 radical (unpaired) electrons. The minimum Gasteiger partial charge on any atom is -0.497 e. The Labute approximate surface area is 286 Å². The summed E-state index contributed by atoms with van der Waals surface area (Å²) < 4.78 is 34.6. The Kier molecular flexibility index (Phi) is 11.6. The summed E-state index contributed by atoms with van der Waals surface area (Å²) in [6.45, 7) is -0.746. The van der Waals surface area contributed by atoms with Gasteiger partial charge in [0.25, 0.3) is 15.7 Å². The van der Waals surface area contributed by atoms with Gasteiger partial charge in [0, 0.05) is 31.1 Å². The van der Waals surface area contributed by atoms with Gasteiger partial charge in [0.05, 0.1) is 22.6 Å². The average molecular weight is 685 g/mol. The van der Waals surface area contributed by atoms with Crippen LogP contribution in [0.5, 0.6) is 5.75 Å². The molecule has 256 valence electrons. The zero-order chi connectivity index (χ0) is 34.8. The van der Waals surface area contributed by atoms with Crippen LogP contribution in [-0.2, 0) is 32.6 Å². The van der Waals surface area contributed by atoms with Gasteiger partial charge in [-0.15, -0.1) is 0 Å². The first-order valence-corrected chi connectivity index (χ1v) is 17.7. The van der Waals surface area contributed by atoms with Gasteiger partial charge in [-0.05, 0) is 54.3 Å². The number of nitro groups is 1. The maximum Gasteiger partial charge on any atom is 0.271 e. The SMILES string of the molecule is COc1cccc(CN(C(=O)CN(c2cccc([N+](=O)[O-])c2)S(=O)(=O)c2ccccc2)[C@H](Cc2ccccc2)C(=O)NC2CCCCC2)c1. The first-order valence-electron chi connectivity index (χ1n) is 16.2. The third-order valence-electron chi connectivity index (χ3n) is 8.65. The van der Waals surface area contributed by atoms with E-state index in [-0.39, 0.29) is 41.2 Å². The molecule has 0 aromatic heterocycles. The van der Waals surface area contributed by atoms with Crippen molar-refractivity contribution in [3.63, 3.8) is 0 Å². The molecule has 1 saturated carbocycles. The molecule has 1 fully saturated rings. The first kappa shape index (κ1) is 35.1. The van der Waals surface area contributed by atoms with Gasteiger partial charge in [0.15, 0.2) is 0 Å². The molecule has 0 bridgehead atoms. The van der Waals surface area contributed by atoms with Crippen LogP contribution in [0.25, 0.3) is 0 Å². The number of non-ortho nitro benzene ring substituents is 1. The average Bonchev–Trinajstić information content (AvgIpc) is 3.13. The first-order chi connectivity index (χ1) is 23.7. The van der Waals surface area contributed by atoms with Crippen molar-refractivity contribution in [3.8, 4) is 5.75 Å². The van der Waals surface area contributed by atoms with Gasteiger partial charge in [-0.3, -0.25) is 24.0 Å². The molecule has 49 heavy (non-hydrogen) atoms. The van der Waals surface area contributed by atoms with Gasteiger partial charge >= 0.3 is 0 Å². The van der Waals surface area contributed by atoms with Crippen molar-refractivity contribution in [2.24, 2.45) is 0 Å². The summed E-state index contributed by atoms with van der Waals surface area (Å²) in [5, 5.41) is 14.9. The van der Waals surface area contributed by atoms with Crippen molar-refractivity contribution in [3.05, 3.63) is 130 Å². The van der Waals surface area contributed by atoms with Crippen LogP contribution in [0.15, 0.2) is 114 Å². The molecule has 2 amide bonds. The molecule has 5 rings (SSSR count). The molecule has 1 N–H and O–H groups in total. The molecule has 11 nitrogen and oxygen atoms in total. The molecule has 0 saturated heterocycles. The van der Waals surface area contributed by atoms with Crippen LogP contribution in [0.1, 0.15) is 43.2 Å². The molecule has 0 unspecified atom stereocenters. The smallest absolute Gasteiger partial charge is 0.271 e. The Balaban J connectivity index is 1.59. The van der Waals surface area contributed by atoms with Crippen molar-refractivity contribution in [1.29, 1.82) is 0 Å². The monoisotopic (exact) mass is 684 g/mol. The number of carbonyl (C=O) groups excluding carboxylic acids is 2. The number of hydrogen-bond donors (Lipinski definition) is 1. The van der Waals surface area contributed by atoms with Crippen molar-refractivity contribution in [1.82, 2.24) is 10.2 Å². The van der Waals surface area contributed by atoms with Crippen LogP contribution < -0.4 is 14.4 Å². The second-order valence-corrected chi connectivity index (χ2v) is 13.9. The number of benzene rings is 4. The Bertz CT molecular complexity index is 1850. The van der Waals surface area contributed by atoms with Gasteiger partial charge in [0.2, 0.25) is 11.8 Å². The molecule has 4 aromatic rings. The number of hydrogen-bond acceptors (Lipinski definition) is 7. The van der Waals surface area contributed by atoms with Gasteiger partial charge < -0.3 is 15.0 Å². The number of rotatable bonds is 14. The van der Waals surface area contributed by atoms with Gasteiger partial charge in [0.1, 0.15) is 18.3 Å². The lowest BCUT2D eigenvalue weighted by Gasteiger charge is -2.35. The summed E-state index contributed by atoms with van der Waals surface area (Å²) in [5.74, 6) is -0.436. The number of nitrogens with one attached hydrogen (secondary N) is 1. The second-order valence-electron chi connectivity index (χ2n) is 12.0. The van der Waals surface area contributed by atoms with E-state index in [1.807, 2.05) is 30.3 Å². The standard InChI is InChI=1S/C37H40N4O7S/c1-48-33-20-11-15-29(23-33)26-39(35(24-28-13-5-2-6-14-28)37(43)38-30-16-7-3-8-17-30)36(42)27-40(31-18-12-19-32(25-31)41(44)45)49(46,47)34-21-9-4-10-22-34/h2,4-6,9-15,18-23,25,30,35H,3,7-8,16-17,24,26-27H2,1H3,(H,38,43)/t35-/m1/s1. The van der Waals surface area contributed by atoms with Gasteiger partial charge in [-0.25, -0.2) is 8.42 Å². The number of nitrogens with zero attached hydrogens (tertiary/aromatic N) is 3. The molecule has 12 heteroatoms. The van der Waals surface area contributed by atoms with E-state index in [9.17, 15) is 28.1 Å². The highest BCUT2D eigenvalue weighted by Gasteiger charge is 2.35. The Morgan fingerprint density at radius 3 is 2.20 bits per heavy atom. The van der Waals surface area contributed by atoms with E-state index in [0.717, 1.165) is 48.0 Å². The van der Waals surface area contributed by atoms with Crippen LogP contribution in [0.2, 0.25) is 0 Å². The van der Waals surface area contributed by atoms with Crippen molar-refractivity contribution in [2.45, 2.75) is 62.0 Å². The van der Waals surface area contributed by atoms with Crippen molar-refractivity contribution in [2.75, 3.05) is 18.0 Å². The number of amides is 2. The maximum absolute atomic E-state index is 14.7. The molecule has 4 aromatic carbocycles. The van der Waals surface area contributed by atoms with E-state index < -0.39 is 33.4 Å². The summed E-state index contributed by atoms with van der Waals surface area (Å²) in [6.07, 6.45) is 4.94. The number of anilines is 1. The fourth-order valence-electron chi connectivity index (χ4n) is 6.08. The van der Waals surface area contributed by atoms with Crippen LogP contribution in [0.3, 0.4) is 0 Å². The van der Waals surface area contributed by atoms with Crippen molar-refractivity contribution < 1.29 is 27.7 Å². The maximum atomic E-state index is 14.7. The topological polar surface area (TPSA) is 139 Å². The fourth-order valence-corrected chi connectivity index (χ4v) is 7.50. The van der Waals surface area contributed by atoms with E-state index in [1.165, 1.54) is 42.3 Å². The number of ether oxygens (including phenoxy) is 1. The van der Waals surface area contributed by atoms with Crippen molar-refractivity contribution >= 4 is 33.2 Å². The van der Waals surface area contributed by atoms with Gasteiger partial charge in [-0.2, -0.15) is 0 Å². The molecule has 1 aliphatic rings. The summed E-state index contributed by atoms with van der Waals surface area (Å²) >= 11 is 0. The van der Waals surface area contributed by atoms with Crippen LogP contribution >= 0.6 is 0 Å². The second kappa shape index (κ2) is 16.2. The fraction of sp³-hybridized carbons (Fsp3) is 0.297. The minimum atomic E-state index is -4.39. The lowest BCUT2D eigenvalue weighted by Crippen LogP contribution is -2.55. The molecule has 0 aliphatic heterocycles. The van der Waals surface area contributed by atoms with Crippen LogP contribution in [0.4, 0.5) is 11.4 Å². The number of nitro benzene ring substituents is 1. The number of sulfonamides is 1. The summed E-state index contributed by atoms with van der Waals surface area (Å²) in [4.78, 5) is 41.3. The number of carbonyl (C=O) groups is 2. The van der Waals surface area contributed by atoms with E-state index in [4.69, 9.17) is 4.74 Å². The lowest BCUT2D eigenvalue weighted by atomic mass is 9.94. The summed E-state index contributed by atoms with van der Waals surface area (Å²) in [7, 11) is -2.86. The Hall–Kier alpha value is -5.23. The molecular formula is C37H40N4O7S. The zero-order valence-corrected chi connectivity index (χ0v) is 28.1. The zero-order valence-electron chi connectivity index (χ0n) is 27.3. The minimum absolute atomic E-state index is 0.0280. The highest BCUT2D eigenvalue weighted by atomic mass is 32.2. The quantitative estimate of drug-likeness (QED) is 0.129. The lowest BCUT2D eigenvalue weighted by molar-refractivity contribution is -0.384. The number of methoxy groups -OCH3 is 1. The van der Waals surface area contributed by atoms with E-state index in [1.54, 1.807) is 42.5 Å². The third kappa shape index (κ3) is 9.02. The predicted molar refractivity (Wildman–Crippen MR) is 187 cm³/mol. The van der Waals surface area contributed by atoms with Crippen LogP contribution in [-0.4, -0.2) is 55.8 Å². The highest BCUT2D eigenvalue weighted by molar-refractivity contribution is 7.92. The molecule has 1 atom stereocenters. The molecule has 1 aliphatic carbocycles. The third-order valence-corrected chi connectivity index (χ3v) is 10.4. The van der Waals surface area contributed by atoms with E-state index in [2.05, 4.69) is 5.32 Å². The van der Waals surface area contributed by atoms with Crippen LogP contribution in [0, 0.1) is 10.1 Å². The van der Waals surface area contributed by atoms with Gasteiger partial charge in [-0.1, -0.05) is 86.0 Å². The Morgan fingerprint density at radius 2 is 1.53 bits per heavy atom. The Morgan fingerprint density at radius 1 is 0.878 bits per heavy atom. The largest absolute Gasteiger partial charge is 0.497 e. The molecule has 0 heterocycles. The highest BCUT2D eigenvalue weighted by Crippen LogP contribution is 2.28. The summed E-state index contributed by atoms with van der Waals surface area (Å²) in [5.41, 5.74) is 1.10. The normalized spacial score (nSPS) is 14.0. The predicted octanol–water partition coefficient (Wildman–Crippen LogP) is 5.89. The summed E-state index contributed by atoms with van der Waals surface area (Å²) in [6, 6.07) is 28.1. The molecule has 0 spiro atoms.